The molecule has 4 aliphatic carbocycles. The lowest BCUT2D eigenvalue weighted by atomic mass is 9.40. The third-order valence-corrected chi connectivity index (χ3v) is 12.2. The van der Waals surface area contributed by atoms with Crippen molar-refractivity contribution in [3.8, 4) is 0 Å². The van der Waals surface area contributed by atoms with E-state index in [0.717, 1.165) is 5.57 Å². The second kappa shape index (κ2) is 9.91. The third-order valence-electron chi connectivity index (χ3n) is 12.2. The Morgan fingerprint density at radius 1 is 1.02 bits per heavy atom. The zero-order valence-electron chi connectivity index (χ0n) is 23.5. The largest absolute Gasteiger partial charge is 0.458 e. The summed E-state index contributed by atoms with van der Waals surface area (Å²) in [6.07, 6.45) is -6.68. The molecule has 232 valence electrons. The highest BCUT2D eigenvalue weighted by molar-refractivity contribution is 5.85. The quantitative estimate of drug-likeness (QED) is 0.140. The minimum atomic E-state index is -1.67. The molecule has 0 aromatic heterocycles. The maximum atomic E-state index is 12.4. The third kappa shape index (κ3) is 3.99. The normalized spacial score (nSPS) is 56.9. The van der Waals surface area contributed by atoms with E-state index in [1.54, 1.807) is 0 Å². The van der Waals surface area contributed by atoms with Crippen LogP contribution in [0.25, 0.3) is 0 Å². The van der Waals surface area contributed by atoms with Crippen LogP contribution in [0, 0.1) is 28.6 Å². The van der Waals surface area contributed by atoms with E-state index in [4.69, 9.17) is 14.2 Å². The Balaban J connectivity index is 1.28. The fourth-order valence-corrected chi connectivity index (χ4v) is 10.1. The molecule has 0 unspecified atom stereocenters. The number of carbonyl (C=O) groups is 1. The van der Waals surface area contributed by atoms with E-state index in [0.29, 0.717) is 19.3 Å². The van der Waals surface area contributed by atoms with Gasteiger partial charge in [0.2, 0.25) is 0 Å². The van der Waals surface area contributed by atoms with Gasteiger partial charge in [-0.25, -0.2) is 4.79 Å². The molecule has 8 N–H and O–H groups in total. The summed E-state index contributed by atoms with van der Waals surface area (Å²) < 4.78 is 16.7. The van der Waals surface area contributed by atoms with Crippen LogP contribution in [0.1, 0.15) is 58.8 Å². The molecule has 41 heavy (non-hydrogen) atoms. The number of rotatable bonds is 4. The first-order chi connectivity index (χ1) is 19.2. The molecule has 1 saturated heterocycles. The van der Waals surface area contributed by atoms with E-state index >= 15 is 0 Å². The van der Waals surface area contributed by atoms with Crippen LogP contribution in [0.15, 0.2) is 11.6 Å². The van der Waals surface area contributed by atoms with E-state index in [-0.39, 0.29) is 38.2 Å². The average molecular weight is 585 g/mol. The van der Waals surface area contributed by atoms with Gasteiger partial charge in [-0.2, -0.15) is 0 Å². The number of ether oxygens (including phenoxy) is 3. The molecular weight excluding hydrogens is 540 g/mol. The number of hydrogen-bond donors (Lipinski definition) is 8. The Bertz CT molecular complexity index is 1080. The summed E-state index contributed by atoms with van der Waals surface area (Å²) >= 11 is 0. The minimum Gasteiger partial charge on any atom is -0.458 e. The SMILES string of the molecule is C[C@H]1O[C@@H](O[C@H]2C[C@@H](O)[C@]3(CO)[C@@H]4[C@H](O)C[C@]5(C)[C@@H](C6=CC(=O)OC6)CC[C@]5(O)[C@H]4CC[C@]3(O)C2)[C@@H](O)[C@@H](O)[C@H]1O. The molecule has 0 spiro atoms. The summed E-state index contributed by atoms with van der Waals surface area (Å²) in [5.41, 5.74) is -4.46. The van der Waals surface area contributed by atoms with Crippen LogP contribution in [0.2, 0.25) is 0 Å². The number of aliphatic hydroxyl groups is 8. The fourth-order valence-electron chi connectivity index (χ4n) is 10.1. The number of carbonyl (C=O) groups excluding carboxylic acids is 1. The molecule has 0 aromatic carbocycles. The maximum Gasteiger partial charge on any atom is 0.331 e. The van der Waals surface area contributed by atoms with E-state index in [2.05, 4.69) is 0 Å². The van der Waals surface area contributed by atoms with Gasteiger partial charge >= 0.3 is 5.97 Å². The van der Waals surface area contributed by atoms with Gasteiger partial charge in [0.25, 0.3) is 0 Å². The van der Waals surface area contributed by atoms with Gasteiger partial charge in [-0.15, -0.1) is 0 Å². The van der Waals surface area contributed by atoms with Crippen molar-refractivity contribution >= 4 is 5.97 Å². The number of aliphatic hydroxyl groups excluding tert-OH is 6. The highest BCUT2D eigenvalue weighted by Crippen LogP contribution is 2.70. The Hall–Kier alpha value is -1.19. The number of hydrogen-bond acceptors (Lipinski definition) is 12. The average Bonchev–Trinajstić information content (AvgIpc) is 3.45. The zero-order chi connectivity index (χ0) is 29.7. The molecule has 0 amide bonds. The Kier molecular flexibility index (Phi) is 7.22. The molecule has 6 rings (SSSR count). The van der Waals surface area contributed by atoms with Crippen molar-refractivity contribution in [2.45, 2.75) is 119 Å². The van der Waals surface area contributed by atoms with Crippen LogP contribution < -0.4 is 0 Å². The van der Waals surface area contributed by atoms with Gasteiger partial charge in [-0.05, 0) is 56.4 Å². The smallest absolute Gasteiger partial charge is 0.331 e. The maximum absolute atomic E-state index is 12.4. The van der Waals surface area contributed by atoms with Crippen LogP contribution in [0.3, 0.4) is 0 Å². The second-order valence-corrected chi connectivity index (χ2v) is 13.8. The van der Waals surface area contributed by atoms with Gasteiger partial charge in [-0.1, -0.05) is 6.92 Å². The molecule has 5 fully saturated rings. The Morgan fingerprint density at radius 2 is 1.76 bits per heavy atom. The van der Waals surface area contributed by atoms with E-state index < -0.39 is 95.5 Å². The van der Waals surface area contributed by atoms with Crippen molar-refractivity contribution in [1.82, 2.24) is 0 Å². The summed E-state index contributed by atoms with van der Waals surface area (Å²) in [5, 5.41) is 89.6. The van der Waals surface area contributed by atoms with Gasteiger partial charge in [0.15, 0.2) is 6.29 Å². The van der Waals surface area contributed by atoms with Crippen LogP contribution >= 0.6 is 0 Å². The molecule has 6 aliphatic rings. The molecule has 12 heteroatoms. The molecule has 0 aromatic rings. The van der Waals surface area contributed by atoms with Crippen molar-refractivity contribution in [2.24, 2.45) is 28.6 Å². The summed E-state index contributed by atoms with van der Waals surface area (Å²) in [7, 11) is 0. The van der Waals surface area contributed by atoms with E-state index in [9.17, 15) is 45.6 Å². The van der Waals surface area contributed by atoms with Crippen molar-refractivity contribution in [1.29, 1.82) is 0 Å². The fraction of sp³-hybridized carbons (Fsp3) is 0.897. The molecule has 0 radical (unpaired) electrons. The van der Waals surface area contributed by atoms with E-state index in [1.807, 2.05) is 6.92 Å². The lowest BCUT2D eigenvalue weighted by Gasteiger charge is -2.68. The van der Waals surface area contributed by atoms with Gasteiger partial charge < -0.3 is 55.1 Å². The Morgan fingerprint density at radius 3 is 2.41 bits per heavy atom. The van der Waals surface area contributed by atoms with Gasteiger partial charge in [0.1, 0.15) is 24.9 Å². The van der Waals surface area contributed by atoms with Crippen molar-refractivity contribution in [3.05, 3.63) is 11.6 Å². The summed E-state index contributed by atoms with van der Waals surface area (Å²) in [5.74, 6) is -1.93. The van der Waals surface area contributed by atoms with Crippen LogP contribution in [0.5, 0.6) is 0 Å². The predicted octanol–water partition coefficient (Wildman–Crippen LogP) is -1.51. The summed E-state index contributed by atoms with van der Waals surface area (Å²) in [6, 6.07) is 0. The van der Waals surface area contributed by atoms with Crippen LogP contribution in [0.4, 0.5) is 0 Å². The Labute approximate surface area is 238 Å². The van der Waals surface area contributed by atoms with Gasteiger partial charge in [0, 0.05) is 30.3 Å². The highest BCUT2D eigenvalue weighted by Gasteiger charge is 2.75. The number of fused-ring (bicyclic) bond motifs is 5. The minimum absolute atomic E-state index is 0.0369. The van der Waals surface area contributed by atoms with Gasteiger partial charge in [-0.3, -0.25) is 0 Å². The molecular formula is C29H44O12. The number of cyclic esters (lactones) is 1. The van der Waals surface area contributed by atoms with Crippen molar-refractivity contribution in [2.75, 3.05) is 13.2 Å². The van der Waals surface area contributed by atoms with Crippen LogP contribution in [-0.4, -0.2) is 120 Å². The lowest BCUT2D eigenvalue weighted by molar-refractivity contribution is -0.342. The summed E-state index contributed by atoms with van der Waals surface area (Å²) in [4.78, 5) is 11.8. The first-order valence-corrected chi connectivity index (χ1v) is 14.9. The molecule has 0 bridgehead atoms. The number of esters is 1. The summed E-state index contributed by atoms with van der Waals surface area (Å²) in [6.45, 7) is 3.00. The molecule has 12 nitrogen and oxygen atoms in total. The predicted molar refractivity (Wildman–Crippen MR) is 139 cm³/mol. The zero-order valence-corrected chi connectivity index (χ0v) is 23.5. The first kappa shape index (κ1) is 29.9. The standard InChI is InChI=1S/C29H44O12/c1-13-22(34)23(35)24(36)25(40-13)41-15-8-19(32)28(12-30)21-17(3-5-27(28,37)9-15)29(38)6-4-16(14-7-20(33)39-11-14)26(29,2)10-18(21)31/h7,13,15-19,21-25,30-32,34-38H,3-6,8-12H2,1-2H3/t13-,15+,16-,17+,18-,19-,21+,22+,23+,24+,25+,26-,27+,28-,29+/m1/s1. The topological polar surface area (TPSA) is 207 Å². The molecule has 2 heterocycles. The lowest BCUT2D eigenvalue weighted by Crippen LogP contribution is -2.76. The first-order valence-electron chi connectivity index (χ1n) is 14.9. The van der Waals surface area contributed by atoms with E-state index in [1.165, 1.54) is 13.0 Å². The van der Waals surface area contributed by atoms with Crippen LogP contribution in [-0.2, 0) is 19.0 Å². The van der Waals surface area contributed by atoms with Gasteiger partial charge in [0.05, 0.1) is 47.6 Å². The van der Waals surface area contributed by atoms with Crippen molar-refractivity contribution in [3.63, 3.8) is 0 Å². The molecule has 2 aliphatic heterocycles. The molecule has 15 atom stereocenters. The van der Waals surface area contributed by atoms with Crippen molar-refractivity contribution < 1.29 is 59.9 Å². The highest BCUT2D eigenvalue weighted by atomic mass is 16.7. The second-order valence-electron chi connectivity index (χ2n) is 13.8. The molecule has 4 saturated carbocycles. The monoisotopic (exact) mass is 584 g/mol.